The molecule has 1 aromatic heterocycles. The van der Waals surface area contributed by atoms with Crippen molar-refractivity contribution in [3.8, 4) is 0 Å². The fourth-order valence-electron chi connectivity index (χ4n) is 9.93. The van der Waals surface area contributed by atoms with Crippen LogP contribution in [-0.2, 0) is 14.2 Å². The van der Waals surface area contributed by atoms with Crippen LogP contribution < -0.4 is 0 Å². The number of H-pyrrole nitrogens is 1. The van der Waals surface area contributed by atoms with Crippen molar-refractivity contribution < 1.29 is 54.8 Å². The Hall–Kier alpha value is -1.61. The summed E-state index contributed by atoms with van der Waals surface area (Å²) in [6.45, 7) is 5.00. The Morgan fingerprint density at radius 2 is 1.89 bits per heavy atom. The topological polar surface area (TPSA) is 205 Å². The molecule has 0 unspecified atom stereocenters. The van der Waals surface area contributed by atoms with Gasteiger partial charge in [0, 0.05) is 19.0 Å². The summed E-state index contributed by atoms with van der Waals surface area (Å²) in [5, 5.41) is 85.5. The van der Waals surface area contributed by atoms with Crippen molar-refractivity contribution in [1.29, 1.82) is 0 Å². The average Bonchev–Trinajstić information content (AvgIpc) is 3.14. The highest BCUT2D eigenvalue weighted by Gasteiger charge is 3.12. The molecule has 8 N–H and O–H groups in total. The van der Waals surface area contributed by atoms with Crippen molar-refractivity contribution in [2.45, 2.75) is 98.2 Å². The Kier molecular flexibility index (Phi) is 3.92. The molecule has 8 rings (SSSR count). The van der Waals surface area contributed by atoms with E-state index in [4.69, 9.17) is 14.2 Å². The maximum absolute atomic E-state index is 13.2. The van der Waals surface area contributed by atoms with Crippen LogP contribution in [-0.4, -0.2) is 111 Å². The van der Waals surface area contributed by atoms with Gasteiger partial charge in [-0.25, -0.2) is 4.79 Å². The Labute approximate surface area is 211 Å². The maximum atomic E-state index is 13.2. The standard InChI is InChI=1S/C25H33NO11/c1-11(2)22(32)16(35-14(28)12-6-5-7-26-12)23(33)19(10-27)9-21(31)18(22,4)25(23,34)24(37-21)15(29)17(3)13(36-17)8-20(19,24)30/h5-7,11,13,15-16,26-27,29-34H,8-10H2,1-4H3/t13-,15+,16-,17-,18+,19-,20+,21+,22-,23-,24-,25-/m1/s1. The van der Waals surface area contributed by atoms with Crippen molar-refractivity contribution >= 4 is 5.97 Å². The molecular weight excluding hydrogens is 490 g/mol. The van der Waals surface area contributed by atoms with Gasteiger partial charge in [-0.3, -0.25) is 0 Å². The lowest BCUT2D eigenvalue weighted by Gasteiger charge is -2.60. The third-order valence-electron chi connectivity index (χ3n) is 11.8. The van der Waals surface area contributed by atoms with Gasteiger partial charge in [-0.15, -0.1) is 0 Å². The minimum atomic E-state index is -2.82. The van der Waals surface area contributed by atoms with Crippen molar-refractivity contribution in [2.24, 2.45) is 16.7 Å². The van der Waals surface area contributed by atoms with E-state index in [1.54, 1.807) is 26.8 Å². The Morgan fingerprint density at radius 3 is 2.46 bits per heavy atom. The number of aromatic nitrogens is 1. The van der Waals surface area contributed by atoms with Crippen molar-refractivity contribution in [2.75, 3.05) is 6.61 Å². The number of aromatic amines is 1. The molecule has 4 saturated carbocycles. The molecule has 12 heteroatoms. The molecule has 6 bridgehead atoms. The van der Waals surface area contributed by atoms with Gasteiger partial charge in [0.05, 0.1) is 23.5 Å². The summed E-state index contributed by atoms with van der Waals surface area (Å²) >= 11 is 0. The van der Waals surface area contributed by atoms with E-state index < -0.39 is 93.5 Å². The van der Waals surface area contributed by atoms with Crippen LogP contribution in [0.1, 0.15) is 51.0 Å². The van der Waals surface area contributed by atoms with E-state index in [0.717, 1.165) is 0 Å². The number of aliphatic hydroxyl groups excluding tert-OH is 2. The number of fused-ring (bicyclic) bond motifs is 1. The molecule has 204 valence electrons. The molecule has 12 atom stereocenters. The number of carbonyl (C=O) groups is 1. The highest BCUT2D eigenvalue weighted by molar-refractivity contribution is 5.87. The molecule has 0 radical (unpaired) electrons. The van der Waals surface area contributed by atoms with E-state index in [2.05, 4.69) is 4.98 Å². The summed E-state index contributed by atoms with van der Waals surface area (Å²) in [4.78, 5) is 15.9. The molecule has 0 amide bonds. The number of hydrogen-bond donors (Lipinski definition) is 8. The fraction of sp³-hybridized carbons (Fsp3) is 0.800. The van der Waals surface area contributed by atoms with Crippen LogP contribution in [0.15, 0.2) is 18.3 Å². The Bertz CT molecular complexity index is 1240. The van der Waals surface area contributed by atoms with Crippen LogP contribution in [0.3, 0.4) is 0 Å². The third-order valence-corrected chi connectivity index (χ3v) is 11.8. The number of ether oxygens (including phenoxy) is 3. The summed E-state index contributed by atoms with van der Waals surface area (Å²) in [7, 11) is 0. The number of epoxide rings is 1. The molecule has 0 aromatic carbocycles. The van der Waals surface area contributed by atoms with Gasteiger partial charge in [0.25, 0.3) is 0 Å². The van der Waals surface area contributed by atoms with E-state index >= 15 is 0 Å². The minimum Gasteiger partial charge on any atom is -0.451 e. The predicted molar refractivity (Wildman–Crippen MR) is 120 cm³/mol. The molecule has 7 fully saturated rings. The molecule has 37 heavy (non-hydrogen) atoms. The van der Waals surface area contributed by atoms with E-state index in [1.165, 1.54) is 19.2 Å². The van der Waals surface area contributed by atoms with Gasteiger partial charge in [0.1, 0.15) is 39.8 Å². The number of esters is 1. The molecule has 4 aliphatic carbocycles. The zero-order valence-electron chi connectivity index (χ0n) is 20.9. The number of nitrogens with one attached hydrogen (secondary N) is 1. The molecular formula is C25H33NO11. The first-order chi connectivity index (χ1) is 17.0. The van der Waals surface area contributed by atoms with Gasteiger partial charge >= 0.3 is 5.97 Å². The summed E-state index contributed by atoms with van der Waals surface area (Å²) in [5.74, 6) is -4.30. The fourth-order valence-corrected chi connectivity index (χ4v) is 9.93. The molecule has 4 heterocycles. The lowest BCUT2D eigenvalue weighted by atomic mass is 9.52. The van der Waals surface area contributed by atoms with Crippen molar-refractivity contribution in [3.05, 3.63) is 24.0 Å². The lowest BCUT2D eigenvalue weighted by Crippen LogP contribution is -2.77. The predicted octanol–water partition coefficient (Wildman–Crippen LogP) is -2.08. The second kappa shape index (κ2) is 5.93. The van der Waals surface area contributed by atoms with E-state index in [1.807, 2.05) is 0 Å². The first-order valence-electron chi connectivity index (χ1n) is 12.6. The van der Waals surface area contributed by atoms with Crippen LogP contribution in [0.5, 0.6) is 0 Å². The highest BCUT2D eigenvalue weighted by atomic mass is 16.7. The first kappa shape index (κ1) is 24.4. The molecule has 12 nitrogen and oxygen atoms in total. The van der Waals surface area contributed by atoms with Crippen LogP contribution >= 0.6 is 0 Å². The number of aliphatic hydroxyl groups is 7. The Balaban J connectivity index is 1.57. The zero-order chi connectivity index (χ0) is 27.0. The van der Waals surface area contributed by atoms with Gasteiger partial charge < -0.3 is 54.9 Å². The smallest absolute Gasteiger partial charge is 0.355 e. The second-order valence-electron chi connectivity index (χ2n) is 12.7. The van der Waals surface area contributed by atoms with Gasteiger partial charge in [-0.1, -0.05) is 13.8 Å². The largest absolute Gasteiger partial charge is 0.451 e. The number of hydrogen-bond acceptors (Lipinski definition) is 11. The molecule has 1 aromatic rings. The summed E-state index contributed by atoms with van der Waals surface area (Å²) < 4.78 is 17.7. The first-order valence-corrected chi connectivity index (χ1v) is 12.6. The van der Waals surface area contributed by atoms with Crippen molar-refractivity contribution in [1.82, 2.24) is 4.98 Å². The van der Waals surface area contributed by atoms with Gasteiger partial charge in [0.15, 0.2) is 17.5 Å². The van der Waals surface area contributed by atoms with Crippen LogP contribution in [0, 0.1) is 16.7 Å². The van der Waals surface area contributed by atoms with Gasteiger partial charge in [0.2, 0.25) is 0 Å². The van der Waals surface area contributed by atoms with E-state index in [-0.39, 0.29) is 12.1 Å². The number of carbonyl (C=O) groups excluding carboxylic acids is 1. The molecule has 3 saturated heterocycles. The zero-order valence-corrected chi connectivity index (χ0v) is 20.9. The Morgan fingerprint density at radius 1 is 1.22 bits per heavy atom. The van der Waals surface area contributed by atoms with Crippen molar-refractivity contribution in [3.63, 3.8) is 0 Å². The average molecular weight is 524 g/mol. The van der Waals surface area contributed by atoms with Crippen LogP contribution in [0.25, 0.3) is 0 Å². The molecule has 1 spiro atoms. The minimum absolute atomic E-state index is 0.00436. The summed E-state index contributed by atoms with van der Waals surface area (Å²) in [6.07, 6.45) is -3.84. The summed E-state index contributed by atoms with van der Waals surface area (Å²) in [5.41, 5.74) is -18.6. The van der Waals surface area contributed by atoms with Crippen LogP contribution in [0.4, 0.5) is 0 Å². The van der Waals surface area contributed by atoms with Gasteiger partial charge in [-0.2, -0.15) is 0 Å². The van der Waals surface area contributed by atoms with Gasteiger partial charge in [-0.05, 0) is 31.9 Å². The van der Waals surface area contributed by atoms with Crippen LogP contribution in [0.2, 0.25) is 0 Å². The van der Waals surface area contributed by atoms with E-state index in [0.29, 0.717) is 0 Å². The highest BCUT2D eigenvalue weighted by Crippen LogP contribution is 2.91. The SMILES string of the molecule is CC(C)[C@@]1(O)[C@@H](OC(=O)c2ccc[nH]2)[C@@]2(O)[C@@]3(CO)C[C@]4(O)O[C@@]5([C@@H](O)[C@]6(C)O[C@@H]6C[C@]35O)[C@@]2(O)[C@]14C. The maximum Gasteiger partial charge on any atom is 0.355 e. The normalized spacial score (nSPS) is 62.1. The monoisotopic (exact) mass is 523 g/mol. The molecule has 7 aliphatic rings. The third kappa shape index (κ3) is 1.73. The summed E-state index contributed by atoms with van der Waals surface area (Å²) in [6, 6.07) is 2.97. The lowest BCUT2D eigenvalue weighted by molar-refractivity contribution is -0.392. The van der Waals surface area contributed by atoms with E-state index in [9.17, 15) is 40.5 Å². The quantitative estimate of drug-likeness (QED) is 0.159. The second-order valence-corrected chi connectivity index (χ2v) is 12.7. The molecule has 3 aliphatic heterocycles. The number of rotatable bonds is 4.